The van der Waals surface area contributed by atoms with Gasteiger partial charge >= 0.3 is 5.97 Å². The minimum absolute atomic E-state index is 0.0333. The van der Waals surface area contributed by atoms with Crippen molar-refractivity contribution >= 4 is 5.97 Å². The van der Waals surface area contributed by atoms with Crippen molar-refractivity contribution in [1.82, 2.24) is 5.32 Å². The van der Waals surface area contributed by atoms with Crippen LogP contribution in [0.5, 0.6) is 0 Å². The zero-order valence-electron chi connectivity index (χ0n) is 14.9. The second-order valence-corrected chi connectivity index (χ2v) is 6.54. The molecule has 0 aromatic heterocycles. The molecule has 0 unspecified atom stereocenters. The van der Waals surface area contributed by atoms with Gasteiger partial charge in [0.2, 0.25) is 0 Å². The van der Waals surface area contributed by atoms with Gasteiger partial charge in [-0.05, 0) is 43.3 Å². The van der Waals surface area contributed by atoms with Crippen molar-refractivity contribution in [3.63, 3.8) is 0 Å². The number of nitriles is 1. The molecule has 0 atom stereocenters. The molecule has 0 aromatic rings. The quantitative estimate of drug-likeness (QED) is 0.290. The van der Waals surface area contributed by atoms with Crippen LogP contribution in [-0.2, 0) is 14.3 Å². The van der Waals surface area contributed by atoms with E-state index in [4.69, 9.17) is 14.6 Å². The van der Waals surface area contributed by atoms with Crippen molar-refractivity contribution in [1.29, 1.82) is 5.26 Å². The Bertz CT molecular complexity index is 530. The molecule has 0 aliphatic heterocycles. The average molecular weight is 336 g/mol. The first-order valence-corrected chi connectivity index (χ1v) is 8.37. The highest BCUT2D eigenvalue weighted by molar-refractivity contribution is 5.94. The van der Waals surface area contributed by atoms with Gasteiger partial charge in [0.05, 0.1) is 19.8 Å². The van der Waals surface area contributed by atoms with E-state index in [-0.39, 0.29) is 24.2 Å². The zero-order valence-corrected chi connectivity index (χ0v) is 14.9. The summed E-state index contributed by atoms with van der Waals surface area (Å²) in [5.41, 5.74) is 1.80. The van der Waals surface area contributed by atoms with Gasteiger partial charge in [-0.25, -0.2) is 4.79 Å². The van der Waals surface area contributed by atoms with Crippen LogP contribution in [0, 0.1) is 16.7 Å². The Morgan fingerprint density at radius 2 is 2.17 bits per heavy atom. The van der Waals surface area contributed by atoms with Crippen molar-refractivity contribution in [2.75, 3.05) is 33.0 Å². The topological polar surface area (TPSA) is 91.6 Å². The van der Waals surface area contributed by atoms with Crippen LogP contribution in [0.15, 0.2) is 22.9 Å². The summed E-state index contributed by atoms with van der Waals surface area (Å²) in [5, 5.41) is 21.3. The molecule has 0 amide bonds. The monoisotopic (exact) mass is 336 g/mol. The minimum atomic E-state index is -0.555. The molecule has 0 heterocycles. The summed E-state index contributed by atoms with van der Waals surface area (Å²) < 4.78 is 10.2. The molecule has 134 valence electrons. The third kappa shape index (κ3) is 6.73. The predicted molar refractivity (Wildman–Crippen MR) is 90.9 cm³/mol. The molecule has 6 heteroatoms. The van der Waals surface area contributed by atoms with Crippen molar-refractivity contribution in [2.24, 2.45) is 5.41 Å². The van der Waals surface area contributed by atoms with E-state index in [1.807, 2.05) is 12.1 Å². The maximum absolute atomic E-state index is 12.0. The van der Waals surface area contributed by atoms with Gasteiger partial charge in [0.25, 0.3) is 0 Å². The Hall–Kier alpha value is -1.84. The second-order valence-electron chi connectivity index (χ2n) is 6.54. The standard InChI is InChI=1S/C18H28N2O4/c1-4-24-17(22)16(13-19)14-10-15(12-18(2,3)11-14)20-6-5-8-23-9-7-21/h10,20-21H,4-9,11-12H2,1-3H3/b16-14+. The number of nitrogens with one attached hydrogen (secondary N) is 1. The number of rotatable bonds is 9. The number of hydrogen-bond acceptors (Lipinski definition) is 6. The first-order valence-electron chi connectivity index (χ1n) is 8.37. The second kappa shape index (κ2) is 10.1. The molecular weight excluding hydrogens is 308 g/mol. The van der Waals surface area contributed by atoms with Crippen molar-refractivity contribution in [3.8, 4) is 6.07 Å². The van der Waals surface area contributed by atoms with Gasteiger partial charge < -0.3 is 19.9 Å². The number of aliphatic hydroxyl groups is 1. The van der Waals surface area contributed by atoms with Gasteiger partial charge in [-0.15, -0.1) is 0 Å². The van der Waals surface area contributed by atoms with Crippen LogP contribution in [-0.4, -0.2) is 44.0 Å². The number of carbonyl (C=O) groups is 1. The lowest BCUT2D eigenvalue weighted by atomic mass is 9.76. The number of esters is 1. The van der Waals surface area contributed by atoms with E-state index in [0.29, 0.717) is 19.6 Å². The first kappa shape index (κ1) is 20.2. The lowest BCUT2D eigenvalue weighted by molar-refractivity contribution is -0.138. The maximum atomic E-state index is 12.0. The van der Waals surface area contributed by atoms with Gasteiger partial charge in [-0.2, -0.15) is 5.26 Å². The molecule has 1 aliphatic carbocycles. The number of hydrogen-bond donors (Lipinski definition) is 2. The normalized spacial score (nSPS) is 18.4. The molecule has 0 spiro atoms. The minimum Gasteiger partial charge on any atom is -0.462 e. The molecule has 0 fully saturated rings. The van der Waals surface area contributed by atoms with Crippen LogP contribution in [0.2, 0.25) is 0 Å². The third-order valence-corrected chi connectivity index (χ3v) is 3.65. The highest BCUT2D eigenvalue weighted by atomic mass is 16.5. The van der Waals surface area contributed by atoms with Crippen LogP contribution in [0.25, 0.3) is 0 Å². The van der Waals surface area contributed by atoms with Gasteiger partial charge in [0, 0.05) is 18.8 Å². The zero-order chi connectivity index (χ0) is 18.0. The van der Waals surface area contributed by atoms with E-state index in [9.17, 15) is 10.1 Å². The Labute approximate surface area is 144 Å². The molecular formula is C18H28N2O4. The molecule has 6 nitrogen and oxygen atoms in total. The molecule has 1 aliphatic rings. The fourth-order valence-electron chi connectivity index (χ4n) is 2.72. The van der Waals surface area contributed by atoms with E-state index in [1.165, 1.54) is 0 Å². The smallest absolute Gasteiger partial charge is 0.349 e. The molecule has 0 bridgehead atoms. The molecule has 24 heavy (non-hydrogen) atoms. The largest absolute Gasteiger partial charge is 0.462 e. The van der Waals surface area contributed by atoms with Crippen molar-refractivity contribution in [2.45, 2.75) is 40.0 Å². The fourth-order valence-corrected chi connectivity index (χ4v) is 2.72. The lowest BCUT2D eigenvalue weighted by Gasteiger charge is -2.32. The van der Waals surface area contributed by atoms with Gasteiger partial charge in [-0.3, -0.25) is 0 Å². The number of allylic oxidation sites excluding steroid dienone is 3. The number of aliphatic hydroxyl groups excluding tert-OH is 1. The molecule has 0 aromatic carbocycles. The van der Waals surface area contributed by atoms with Crippen molar-refractivity contribution in [3.05, 3.63) is 22.9 Å². The molecule has 0 saturated heterocycles. The Morgan fingerprint density at radius 3 is 2.79 bits per heavy atom. The fraction of sp³-hybridized carbons (Fsp3) is 0.667. The summed E-state index contributed by atoms with van der Waals surface area (Å²) in [6, 6.07) is 1.99. The van der Waals surface area contributed by atoms with Gasteiger partial charge in [0.15, 0.2) is 0 Å². The molecule has 0 radical (unpaired) electrons. The summed E-state index contributed by atoms with van der Waals surface area (Å²) in [6.07, 6.45) is 4.24. The van der Waals surface area contributed by atoms with Crippen LogP contribution in [0.3, 0.4) is 0 Å². The summed E-state index contributed by atoms with van der Waals surface area (Å²) in [7, 11) is 0. The van der Waals surface area contributed by atoms with E-state index in [2.05, 4.69) is 19.2 Å². The van der Waals surface area contributed by atoms with E-state index >= 15 is 0 Å². The van der Waals surface area contributed by atoms with E-state index < -0.39 is 5.97 Å². The van der Waals surface area contributed by atoms with Crippen LogP contribution >= 0.6 is 0 Å². The van der Waals surface area contributed by atoms with Crippen molar-refractivity contribution < 1.29 is 19.4 Å². The Balaban J connectivity index is 2.78. The maximum Gasteiger partial charge on any atom is 0.349 e. The summed E-state index contributed by atoms with van der Waals surface area (Å²) in [6.45, 7) is 7.92. The Morgan fingerprint density at radius 1 is 1.42 bits per heavy atom. The molecule has 1 rings (SSSR count). The van der Waals surface area contributed by atoms with E-state index in [0.717, 1.165) is 30.7 Å². The highest BCUT2D eigenvalue weighted by Gasteiger charge is 2.29. The summed E-state index contributed by atoms with van der Waals surface area (Å²) in [5.74, 6) is -0.555. The first-order chi connectivity index (χ1) is 11.4. The van der Waals surface area contributed by atoms with Gasteiger partial charge in [-0.1, -0.05) is 13.8 Å². The summed E-state index contributed by atoms with van der Waals surface area (Å²) in [4.78, 5) is 12.0. The summed E-state index contributed by atoms with van der Waals surface area (Å²) >= 11 is 0. The number of ether oxygens (including phenoxy) is 2. The SMILES string of the molecule is CCOC(=O)/C(C#N)=C1\C=C(NCCCOCCO)CC(C)(C)C1. The van der Waals surface area contributed by atoms with E-state index in [1.54, 1.807) is 6.92 Å². The van der Waals surface area contributed by atoms with Crippen LogP contribution < -0.4 is 5.32 Å². The lowest BCUT2D eigenvalue weighted by Crippen LogP contribution is -2.27. The molecule has 2 N–H and O–H groups in total. The predicted octanol–water partition coefficient (Wildman–Crippen LogP) is 2.06. The van der Waals surface area contributed by atoms with Gasteiger partial charge in [0.1, 0.15) is 11.6 Å². The third-order valence-electron chi connectivity index (χ3n) is 3.65. The van der Waals surface area contributed by atoms with Crippen LogP contribution in [0.1, 0.15) is 40.0 Å². The molecule has 0 saturated carbocycles. The number of carbonyl (C=O) groups excluding carboxylic acids is 1. The van der Waals surface area contributed by atoms with Crippen LogP contribution in [0.4, 0.5) is 0 Å². The highest BCUT2D eigenvalue weighted by Crippen LogP contribution is 2.38. The average Bonchev–Trinajstić information content (AvgIpc) is 2.50. The number of nitrogens with zero attached hydrogens (tertiary/aromatic N) is 1. The Kier molecular flexibility index (Phi) is 8.51.